The van der Waals surface area contributed by atoms with Gasteiger partial charge in [0.05, 0.1) is 19.1 Å². The molecule has 0 saturated heterocycles. The standard InChI is InChI=1S/C15H20O5/c1-4-18-14(16)11(3)10-12-8-6-7-9-13(12)20-15(17)19-5-2/h6-9,11H,4-5,10H2,1-3H3. The van der Waals surface area contributed by atoms with Crippen LogP contribution in [-0.4, -0.2) is 25.3 Å². The summed E-state index contributed by atoms with van der Waals surface area (Å²) in [6, 6.07) is 7.06. The monoisotopic (exact) mass is 280 g/mol. The van der Waals surface area contributed by atoms with E-state index < -0.39 is 6.16 Å². The van der Waals surface area contributed by atoms with Crippen molar-refractivity contribution in [3.05, 3.63) is 29.8 Å². The van der Waals surface area contributed by atoms with Crippen LogP contribution in [0.1, 0.15) is 26.3 Å². The zero-order valence-corrected chi connectivity index (χ0v) is 12.0. The molecule has 0 radical (unpaired) electrons. The lowest BCUT2D eigenvalue weighted by Gasteiger charge is -2.13. The average molecular weight is 280 g/mol. The molecule has 0 spiro atoms. The highest BCUT2D eigenvalue weighted by atomic mass is 16.7. The van der Waals surface area contributed by atoms with Crippen LogP contribution >= 0.6 is 0 Å². The predicted octanol–water partition coefficient (Wildman–Crippen LogP) is 2.96. The Bertz CT molecular complexity index is 455. The normalized spacial score (nSPS) is 11.6. The van der Waals surface area contributed by atoms with Crippen LogP contribution in [0.5, 0.6) is 5.75 Å². The molecule has 0 aliphatic carbocycles. The molecule has 0 bridgehead atoms. The minimum absolute atomic E-state index is 0.250. The minimum atomic E-state index is -0.747. The molecule has 5 nitrogen and oxygen atoms in total. The Hall–Kier alpha value is -2.04. The van der Waals surface area contributed by atoms with E-state index in [0.717, 1.165) is 5.56 Å². The summed E-state index contributed by atoms with van der Waals surface area (Å²) in [7, 11) is 0. The van der Waals surface area contributed by atoms with Crippen molar-refractivity contribution in [1.29, 1.82) is 0 Å². The molecule has 1 aromatic carbocycles. The molecule has 0 heterocycles. The van der Waals surface area contributed by atoms with Crippen LogP contribution in [0.2, 0.25) is 0 Å². The van der Waals surface area contributed by atoms with Gasteiger partial charge in [-0.05, 0) is 31.9 Å². The van der Waals surface area contributed by atoms with Crippen molar-refractivity contribution >= 4 is 12.1 Å². The molecule has 1 atom stereocenters. The average Bonchev–Trinajstić information content (AvgIpc) is 2.41. The third-order valence-electron chi connectivity index (χ3n) is 2.64. The number of esters is 1. The molecular formula is C15H20O5. The molecule has 1 unspecified atom stereocenters. The summed E-state index contributed by atoms with van der Waals surface area (Å²) in [5, 5.41) is 0. The fourth-order valence-corrected chi connectivity index (χ4v) is 1.71. The number of hydrogen-bond donors (Lipinski definition) is 0. The van der Waals surface area contributed by atoms with E-state index in [1.807, 2.05) is 12.1 Å². The maximum absolute atomic E-state index is 11.6. The lowest BCUT2D eigenvalue weighted by Crippen LogP contribution is -2.18. The van der Waals surface area contributed by atoms with Gasteiger partial charge in [-0.3, -0.25) is 4.79 Å². The summed E-state index contributed by atoms with van der Waals surface area (Å²) >= 11 is 0. The van der Waals surface area contributed by atoms with E-state index in [1.54, 1.807) is 32.9 Å². The van der Waals surface area contributed by atoms with Gasteiger partial charge in [0.2, 0.25) is 0 Å². The van der Waals surface area contributed by atoms with Crippen molar-refractivity contribution in [2.24, 2.45) is 5.92 Å². The topological polar surface area (TPSA) is 61.8 Å². The molecule has 1 rings (SSSR count). The number of carbonyl (C=O) groups is 2. The first-order valence-electron chi connectivity index (χ1n) is 6.67. The van der Waals surface area contributed by atoms with Crippen LogP contribution < -0.4 is 4.74 Å². The van der Waals surface area contributed by atoms with Gasteiger partial charge < -0.3 is 14.2 Å². The molecule has 0 amide bonds. The van der Waals surface area contributed by atoms with Crippen molar-refractivity contribution in [2.45, 2.75) is 27.2 Å². The summed E-state index contributed by atoms with van der Waals surface area (Å²) in [6.07, 6.45) is -0.308. The van der Waals surface area contributed by atoms with Gasteiger partial charge in [0, 0.05) is 0 Å². The SMILES string of the molecule is CCOC(=O)Oc1ccccc1CC(C)C(=O)OCC. The summed E-state index contributed by atoms with van der Waals surface area (Å²) in [5.41, 5.74) is 0.765. The van der Waals surface area contributed by atoms with Gasteiger partial charge in [0.25, 0.3) is 0 Å². The molecule has 0 aliphatic rings. The molecule has 0 aliphatic heterocycles. The Morgan fingerprint density at radius 1 is 1.10 bits per heavy atom. The molecule has 0 fully saturated rings. The first-order chi connectivity index (χ1) is 9.58. The first kappa shape index (κ1) is 16.0. The fourth-order valence-electron chi connectivity index (χ4n) is 1.71. The maximum Gasteiger partial charge on any atom is 0.513 e. The van der Waals surface area contributed by atoms with Gasteiger partial charge in [-0.2, -0.15) is 0 Å². The third-order valence-corrected chi connectivity index (χ3v) is 2.64. The number of ether oxygens (including phenoxy) is 3. The van der Waals surface area contributed by atoms with Gasteiger partial charge in [-0.15, -0.1) is 0 Å². The highest BCUT2D eigenvalue weighted by Crippen LogP contribution is 2.22. The highest BCUT2D eigenvalue weighted by Gasteiger charge is 2.18. The predicted molar refractivity (Wildman–Crippen MR) is 73.6 cm³/mol. The molecule has 20 heavy (non-hydrogen) atoms. The van der Waals surface area contributed by atoms with Gasteiger partial charge >= 0.3 is 12.1 Å². The van der Waals surface area contributed by atoms with Gasteiger partial charge in [-0.1, -0.05) is 25.1 Å². The molecule has 0 saturated carbocycles. The Balaban J connectivity index is 2.74. The maximum atomic E-state index is 11.6. The van der Waals surface area contributed by atoms with E-state index in [1.165, 1.54) is 0 Å². The Morgan fingerprint density at radius 2 is 1.75 bits per heavy atom. The second kappa shape index (κ2) is 8.19. The van der Waals surface area contributed by atoms with E-state index in [9.17, 15) is 9.59 Å². The van der Waals surface area contributed by atoms with Crippen LogP contribution in [-0.2, 0) is 20.7 Å². The lowest BCUT2D eigenvalue weighted by molar-refractivity contribution is -0.147. The van der Waals surface area contributed by atoms with Crippen molar-refractivity contribution in [1.82, 2.24) is 0 Å². The summed E-state index contributed by atoms with van der Waals surface area (Å²) < 4.78 is 14.8. The summed E-state index contributed by atoms with van der Waals surface area (Å²) in [5.74, 6) is -0.164. The molecule has 1 aromatic rings. The number of hydrogen-bond acceptors (Lipinski definition) is 5. The van der Waals surface area contributed by atoms with Crippen molar-refractivity contribution < 1.29 is 23.8 Å². The zero-order valence-electron chi connectivity index (χ0n) is 12.0. The van der Waals surface area contributed by atoms with E-state index in [4.69, 9.17) is 14.2 Å². The van der Waals surface area contributed by atoms with E-state index in [2.05, 4.69) is 0 Å². The molecule has 5 heteroatoms. The Morgan fingerprint density at radius 3 is 2.40 bits per heavy atom. The second-order valence-corrected chi connectivity index (χ2v) is 4.25. The second-order valence-electron chi connectivity index (χ2n) is 4.25. The third kappa shape index (κ3) is 4.91. The molecular weight excluding hydrogens is 260 g/mol. The lowest BCUT2D eigenvalue weighted by atomic mass is 10.0. The van der Waals surface area contributed by atoms with E-state index in [-0.39, 0.29) is 18.5 Å². The van der Waals surface area contributed by atoms with E-state index >= 15 is 0 Å². The quantitative estimate of drug-likeness (QED) is 0.592. The van der Waals surface area contributed by atoms with Crippen LogP contribution in [0.3, 0.4) is 0 Å². The van der Waals surface area contributed by atoms with Crippen molar-refractivity contribution in [2.75, 3.05) is 13.2 Å². The summed E-state index contributed by atoms with van der Waals surface area (Å²) in [4.78, 5) is 23.0. The van der Waals surface area contributed by atoms with Gasteiger partial charge in [-0.25, -0.2) is 4.79 Å². The molecule has 0 N–H and O–H groups in total. The van der Waals surface area contributed by atoms with Crippen molar-refractivity contribution in [3.63, 3.8) is 0 Å². The Labute approximate surface area is 118 Å². The van der Waals surface area contributed by atoms with Gasteiger partial charge in [0.15, 0.2) is 0 Å². The van der Waals surface area contributed by atoms with Crippen LogP contribution in [0.4, 0.5) is 4.79 Å². The number of rotatable bonds is 6. The van der Waals surface area contributed by atoms with Crippen LogP contribution in [0.25, 0.3) is 0 Å². The van der Waals surface area contributed by atoms with E-state index in [0.29, 0.717) is 18.8 Å². The fraction of sp³-hybridized carbons (Fsp3) is 0.467. The number of carbonyl (C=O) groups excluding carboxylic acids is 2. The zero-order chi connectivity index (χ0) is 15.0. The number of benzene rings is 1. The van der Waals surface area contributed by atoms with Gasteiger partial charge in [0.1, 0.15) is 5.75 Å². The molecule has 0 aromatic heterocycles. The van der Waals surface area contributed by atoms with Crippen LogP contribution in [0, 0.1) is 5.92 Å². The number of para-hydroxylation sites is 1. The molecule has 110 valence electrons. The highest BCUT2D eigenvalue weighted by molar-refractivity contribution is 5.72. The Kier molecular flexibility index (Phi) is 6.56. The minimum Gasteiger partial charge on any atom is -0.466 e. The van der Waals surface area contributed by atoms with Crippen molar-refractivity contribution in [3.8, 4) is 5.75 Å². The summed E-state index contributed by atoms with van der Waals surface area (Å²) in [6.45, 7) is 5.85. The smallest absolute Gasteiger partial charge is 0.466 e. The van der Waals surface area contributed by atoms with Crippen LogP contribution in [0.15, 0.2) is 24.3 Å². The largest absolute Gasteiger partial charge is 0.513 e. The first-order valence-corrected chi connectivity index (χ1v) is 6.67.